The van der Waals surface area contributed by atoms with Crippen LogP contribution in [0.3, 0.4) is 0 Å². The highest BCUT2D eigenvalue weighted by molar-refractivity contribution is 7.98. The number of thioether (sulfide) groups is 1. The van der Waals surface area contributed by atoms with Crippen LogP contribution in [0.4, 0.5) is 0 Å². The van der Waals surface area contributed by atoms with Crippen LogP contribution in [0.1, 0.15) is 11.1 Å². The molecule has 3 rings (SSSR count). The van der Waals surface area contributed by atoms with Gasteiger partial charge in [-0.25, -0.2) is 4.79 Å². The van der Waals surface area contributed by atoms with Crippen molar-refractivity contribution in [1.82, 2.24) is 0 Å². The molecule has 0 spiro atoms. The molecule has 0 saturated heterocycles. The average molecular weight is 324 g/mol. The molecule has 0 fully saturated rings. The normalized spacial score (nSPS) is 11.2. The molecule has 116 valence electrons. The SMILES string of the molecule is COc1ccc2cc(/C=C/c3cccc(SC)c3)c(=O)oc2c1. The lowest BCUT2D eigenvalue weighted by molar-refractivity contribution is 0.414. The molecule has 23 heavy (non-hydrogen) atoms. The highest BCUT2D eigenvalue weighted by Gasteiger charge is 2.04. The topological polar surface area (TPSA) is 39.4 Å². The molecule has 0 N–H and O–H groups in total. The van der Waals surface area contributed by atoms with Gasteiger partial charge in [-0.3, -0.25) is 0 Å². The van der Waals surface area contributed by atoms with Crippen molar-refractivity contribution >= 4 is 34.9 Å². The highest BCUT2D eigenvalue weighted by atomic mass is 32.2. The summed E-state index contributed by atoms with van der Waals surface area (Å²) >= 11 is 1.69. The molecule has 0 atom stereocenters. The predicted molar refractivity (Wildman–Crippen MR) is 96.2 cm³/mol. The van der Waals surface area contributed by atoms with E-state index in [1.807, 2.05) is 42.7 Å². The summed E-state index contributed by atoms with van der Waals surface area (Å²) in [6.45, 7) is 0. The van der Waals surface area contributed by atoms with Gasteiger partial charge < -0.3 is 9.15 Å². The second kappa shape index (κ2) is 6.75. The third-order valence-electron chi connectivity index (χ3n) is 3.52. The van der Waals surface area contributed by atoms with E-state index in [2.05, 4.69) is 12.1 Å². The van der Waals surface area contributed by atoms with Gasteiger partial charge in [0.05, 0.1) is 12.7 Å². The molecule has 0 bridgehead atoms. The quantitative estimate of drug-likeness (QED) is 0.515. The fraction of sp³-hybridized carbons (Fsp3) is 0.105. The van der Waals surface area contributed by atoms with Crippen molar-refractivity contribution < 1.29 is 9.15 Å². The molecule has 1 aromatic heterocycles. The van der Waals surface area contributed by atoms with Crippen molar-refractivity contribution in [2.45, 2.75) is 4.90 Å². The van der Waals surface area contributed by atoms with Crippen LogP contribution in [0.25, 0.3) is 23.1 Å². The average Bonchev–Trinajstić information content (AvgIpc) is 2.59. The van der Waals surface area contributed by atoms with E-state index in [0.717, 1.165) is 10.9 Å². The van der Waals surface area contributed by atoms with Gasteiger partial charge in [0.15, 0.2) is 0 Å². The van der Waals surface area contributed by atoms with Gasteiger partial charge in [-0.2, -0.15) is 0 Å². The Balaban J connectivity index is 1.97. The number of hydrogen-bond acceptors (Lipinski definition) is 4. The lowest BCUT2D eigenvalue weighted by Gasteiger charge is -2.02. The maximum absolute atomic E-state index is 12.1. The fourth-order valence-electron chi connectivity index (χ4n) is 2.28. The van der Waals surface area contributed by atoms with Gasteiger partial charge in [-0.15, -0.1) is 11.8 Å². The van der Waals surface area contributed by atoms with Gasteiger partial charge in [0, 0.05) is 16.3 Å². The van der Waals surface area contributed by atoms with Crippen molar-refractivity contribution in [2.75, 3.05) is 13.4 Å². The first-order chi connectivity index (χ1) is 11.2. The molecule has 4 heteroatoms. The van der Waals surface area contributed by atoms with Crippen molar-refractivity contribution in [3.63, 3.8) is 0 Å². The van der Waals surface area contributed by atoms with E-state index in [1.165, 1.54) is 4.90 Å². The van der Waals surface area contributed by atoms with Gasteiger partial charge in [0.1, 0.15) is 11.3 Å². The number of hydrogen-bond donors (Lipinski definition) is 0. The van der Waals surface area contributed by atoms with Crippen molar-refractivity contribution in [2.24, 2.45) is 0 Å². The second-order valence-corrected chi connectivity index (χ2v) is 5.88. The number of ether oxygens (including phenoxy) is 1. The van der Waals surface area contributed by atoms with Gasteiger partial charge in [-0.1, -0.05) is 18.2 Å². The largest absolute Gasteiger partial charge is 0.497 e. The summed E-state index contributed by atoms with van der Waals surface area (Å²) in [5.74, 6) is 0.665. The summed E-state index contributed by atoms with van der Waals surface area (Å²) in [5, 5.41) is 0.864. The van der Waals surface area contributed by atoms with Gasteiger partial charge in [-0.05, 0) is 48.2 Å². The third-order valence-corrected chi connectivity index (χ3v) is 4.24. The van der Waals surface area contributed by atoms with E-state index in [-0.39, 0.29) is 5.63 Å². The van der Waals surface area contributed by atoms with Gasteiger partial charge in [0.2, 0.25) is 0 Å². The summed E-state index contributed by atoms with van der Waals surface area (Å²) < 4.78 is 10.5. The fourth-order valence-corrected chi connectivity index (χ4v) is 2.75. The van der Waals surface area contributed by atoms with Crippen molar-refractivity contribution in [3.05, 3.63) is 70.1 Å². The summed E-state index contributed by atoms with van der Waals surface area (Å²) in [5.41, 5.74) is 1.74. The minimum Gasteiger partial charge on any atom is -0.497 e. The molecule has 0 aliphatic heterocycles. The molecule has 3 nitrogen and oxygen atoms in total. The van der Waals surface area contributed by atoms with E-state index in [4.69, 9.17) is 9.15 Å². The molecule has 0 amide bonds. The Bertz CT molecular complexity index is 925. The van der Waals surface area contributed by atoms with Crippen LogP contribution in [0, 0.1) is 0 Å². The maximum atomic E-state index is 12.1. The smallest absolute Gasteiger partial charge is 0.343 e. The van der Waals surface area contributed by atoms with E-state index < -0.39 is 0 Å². The third kappa shape index (κ3) is 3.48. The van der Waals surface area contributed by atoms with Crippen LogP contribution in [-0.4, -0.2) is 13.4 Å². The standard InChI is InChI=1S/C19H16O3S/c1-21-16-9-8-14-11-15(19(20)22-18(14)12-16)7-6-13-4-3-5-17(10-13)23-2/h3-12H,1-2H3/b7-6+. The minimum absolute atomic E-state index is 0.358. The van der Waals surface area contributed by atoms with Crippen LogP contribution >= 0.6 is 11.8 Å². The molecule has 0 saturated carbocycles. The second-order valence-electron chi connectivity index (χ2n) is 5.00. The monoisotopic (exact) mass is 324 g/mol. The zero-order valence-electron chi connectivity index (χ0n) is 12.9. The number of benzene rings is 2. The molecule has 0 radical (unpaired) electrons. The zero-order valence-corrected chi connectivity index (χ0v) is 13.7. The first-order valence-electron chi connectivity index (χ1n) is 7.13. The predicted octanol–water partition coefficient (Wildman–Crippen LogP) is 4.69. The highest BCUT2D eigenvalue weighted by Crippen LogP contribution is 2.21. The molecular formula is C19H16O3S. The van der Waals surface area contributed by atoms with E-state index in [1.54, 1.807) is 31.0 Å². The first-order valence-corrected chi connectivity index (χ1v) is 8.36. The molecule has 0 unspecified atom stereocenters. The molecule has 3 aromatic rings. The number of fused-ring (bicyclic) bond motifs is 1. The van der Waals surface area contributed by atoms with Crippen LogP contribution in [0.5, 0.6) is 5.75 Å². The summed E-state index contributed by atoms with van der Waals surface area (Å²) in [6.07, 6.45) is 5.74. The van der Waals surface area contributed by atoms with Crippen LogP contribution < -0.4 is 10.4 Å². The van der Waals surface area contributed by atoms with Crippen LogP contribution in [0.2, 0.25) is 0 Å². The van der Waals surface area contributed by atoms with Crippen LogP contribution in [-0.2, 0) is 0 Å². The van der Waals surface area contributed by atoms with E-state index in [9.17, 15) is 4.79 Å². The van der Waals surface area contributed by atoms with E-state index in [0.29, 0.717) is 16.9 Å². The molecule has 2 aromatic carbocycles. The lowest BCUT2D eigenvalue weighted by atomic mass is 10.1. The van der Waals surface area contributed by atoms with Gasteiger partial charge in [0.25, 0.3) is 0 Å². The maximum Gasteiger partial charge on any atom is 0.343 e. The Labute approximate surface area is 138 Å². The Morgan fingerprint density at radius 2 is 1.96 bits per heavy atom. The van der Waals surface area contributed by atoms with E-state index >= 15 is 0 Å². The summed E-state index contributed by atoms with van der Waals surface area (Å²) in [7, 11) is 1.58. The minimum atomic E-state index is -0.358. The molecule has 0 aliphatic rings. The number of methoxy groups -OCH3 is 1. The summed E-state index contributed by atoms with van der Waals surface area (Å²) in [6, 6.07) is 15.4. The van der Waals surface area contributed by atoms with Crippen LogP contribution in [0.15, 0.2) is 62.6 Å². The first kappa shape index (κ1) is 15.4. The molecule has 1 heterocycles. The van der Waals surface area contributed by atoms with Gasteiger partial charge >= 0.3 is 5.63 Å². The number of rotatable bonds is 4. The Kier molecular flexibility index (Phi) is 4.53. The lowest BCUT2D eigenvalue weighted by Crippen LogP contribution is -2.02. The van der Waals surface area contributed by atoms with Crippen molar-refractivity contribution in [1.29, 1.82) is 0 Å². The summed E-state index contributed by atoms with van der Waals surface area (Å²) in [4.78, 5) is 13.3. The molecule has 0 aliphatic carbocycles. The Hall–Kier alpha value is -2.46. The molecular weight excluding hydrogens is 308 g/mol. The Morgan fingerprint density at radius 3 is 2.74 bits per heavy atom. The Morgan fingerprint density at radius 1 is 1.09 bits per heavy atom. The van der Waals surface area contributed by atoms with Crippen molar-refractivity contribution in [3.8, 4) is 5.75 Å². The zero-order chi connectivity index (χ0) is 16.2.